The highest BCUT2D eigenvalue weighted by molar-refractivity contribution is 6.30. The van der Waals surface area contributed by atoms with Crippen LogP contribution in [0.1, 0.15) is 54.8 Å². The Hall–Kier alpha value is -6.27. The summed E-state index contributed by atoms with van der Waals surface area (Å²) in [6.07, 6.45) is 3.31. The third-order valence-electron chi connectivity index (χ3n) is 8.52. The molecule has 262 valence electrons. The smallest absolute Gasteiger partial charge is 0.289 e. The molecule has 0 spiro atoms. The number of carbonyl (C=O) groups excluding carboxylic acids is 2. The van der Waals surface area contributed by atoms with Crippen LogP contribution in [0.5, 0.6) is 11.5 Å². The first kappa shape index (κ1) is 34.2. The molecule has 0 bridgehead atoms. The maximum atomic E-state index is 13.4. The molecule has 0 atom stereocenters. The highest BCUT2D eigenvalue weighted by atomic mass is 35.5. The van der Waals surface area contributed by atoms with Gasteiger partial charge in [-0.2, -0.15) is 5.10 Å². The Bertz CT molecular complexity index is 2450. The van der Waals surface area contributed by atoms with Crippen molar-refractivity contribution in [3.63, 3.8) is 0 Å². The minimum atomic E-state index is -0.300. The molecule has 0 saturated carbocycles. The number of nitrogens with zero attached hydrogens (tertiary/aromatic N) is 7. The molecule has 4 heterocycles. The van der Waals surface area contributed by atoms with Gasteiger partial charge in [-0.15, -0.1) is 5.10 Å². The second-order valence-corrected chi connectivity index (χ2v) is 13.2. The summed E-state index contributed by atoms with van der Waals surface area (Å²) >= 11 is 6.30. The van der Waals surface area contributed by atoms with Crippen molar-refractivity contribution in [1.29, 1.82) is 0 Å². The van der Waals surface area contributed by atoms with E-state index in [0.717, 1.165) is 39.4 Å². The van der Waals surface area contributed by atoms with E-state index < -0.39 is 0 Å². The minimum Gasteiger partial charge on any atom is -0.457 e. The van der Waals surface area contributed by atoms with E-state index in [4.69, 9.17) is 20.8 Å². The minimum absolute atomic E-state index is 0.200. The lowest BCUT2D eigenvalue weighted by Gasteiger charge is -2.19. The first-order valence-electron chi connectivity index (χ1n) is 16.5. The Balaban J connectivity index is 0.973. The maximum Gasteiger partial charge on any atom is 0.289 e. The number of carbonyl (C=O) groups is 2. The van der Waals surface area contributed by atoms with E-state index >= 15 is 0 Å². The number of anilines is 1. The fraction of sp³-hybridized carbons (Fsp3) is 0.179. The zero-order chi connectivity index (χ0) is 36.5. The van der Waals surface area contributed by atoms with Crippen molar-refractivity contribution < 1.29 is 18.7 Å². The molecule has 0 aliphatic carbocycles. The summed E-state index contributed by atoms with van der Waals surface area (Å²) in [6, 6.07) is 24.0. The van der Waals surface area contributed by atoms with Gasteiger partial charge in [-0.1, -0.05) is 52.7 Å². The lowest BCUT2D eigenvalue weighted by atomic mass is 10.1. The van der Waals surface area contributed by atoms with Gasteiger partial charge in [-0.3, -0.25) is 9.59 Å². The van der Waals surface area contributed by atoms with Crippen molar-refractivity contribution in [3.8, 4) is 22.8 Å². The highest BCUT2D eigenvalue weighted by Gasteiger charge is 2.20. The Morgan fingerprint density at radius 2 is 1.75 bits per heavy atom. The summed E-state index contributed by atoms with van der Waals surface area (Å²) < 4.78 is 15.5. The van der Waals surface area contributed by atoms with E-state index in [2.05, 4.69) is 31.8 Å². The average molecular weight is 715 g/mol. The van der Waals surface area contributed by atoms with E-state index in [1.165, 1.54) is 6.20 Å². The third kappa shape index (κ3) is 7.28. The van der Waals surface area contributed by atoms with Crippen LogP contribution in [0, 0.1) is 27.7 Å². The Morgan fingerprint density at radius 3 is 2.54 bits per heavy atom. The average Bonchev–Trinajstić information content (AvgIpc) is 3.88. The third-order valence-corrected chi connectivity index (χ3v) is 8.76. The molecule has 0 aliphatic heterocycles. The van der Waals surface area contributed by atoms with Gasteiger partial charge in [0.05, 0.1) is 12.4 Å². The van der Waals surface area contributed by atoms with Crippen LogP contribution < -0.4 is 10.1 Å². The molecule has 1 N–H and O–H groups in total. The number of ether oxygens (including phenoxy) is 1. The van der Waals surface area contributed by atoms with Crippen LogP contribution >= 0.6 is 11.6 Å². The summed E-state index contributed by atoms with van der Waals surface area (Å²) in [7, 11) is 1.71. The fourth-order valence-corrected chi connectivity index (χ4v) is 6.06. The van der Waals surface area contributed by atoms with Crippen LogP contribution in [0.4, 0.5) is 5.69 Å². The number of rotatable bonds is 10. The largest absolute Gasteiger partial charge is 0.457 e. The molecule has 4 aromatic heterocycles. The molecule has 7 rings (SSSR count). The van der Waals surface area contributed by atoms with Crippen molar-refractivity contribution in [3.05, 3.63) is 141 Å². The number of fused-ring (bicyclic) bond motifs is 1. The monoisotopic (exact) mass is 714 g/mol. The number of benzene rings is 3. The molecular weight excluding hydrogens is 680 g/mol. The first-order chi connectivity index (χ1) is 25.0. The van der Waals surface area contributed by atoms with E-state index in [9.17, 15) is 9.59 Å². The molecule has 0 unspecified atom stereocenters. The van der Waals surface area contributed by atoms with Crippen LogP contribution in [0.2, 0.25) is 5.02 Å². The molecule has 13 heteroatoms. The van der Waals surface area contributed by atoms with Gasteiger partial charge in [0, 0.05) is 46.8 Å². The number of aryl methyl sites for hydroxylation is 4. The molecular formula is C39H35ClN8O4. The molecule has 0 radical (unpaired) electrons. The van der Waals surface area contributed by atoms with Gasteiger partial charge in [0.25, 0.3) is 11.8 Å². The topological polar surface area (TPSA) is 133 Å². The number of nitrogens with one attached hydrogen (secondary N) is 1. The molecule has 7 aromatic rings. The standard InChI is InChI=1S/C39H35ClN8O4/c1-23-6-14-34(24(2)16-23)52-36-18-29(40)10-7-28(36)20-46(5)39(50)35-15-13-31(51-35)21-47-22-33(44-45-47)27-8-11-30(12-9-27)43-38(49)32-19-41-48-26(4)17-25(3)42-37(32)48/h6-19,22H,20-21H2,1-5H3,(H,43,49). The van der Waals surface area contributed by atoms with E-state index in [1.807, 2.05) is 64.1 Å². The van der Waals surface area contributed by atoms with Crippen LogP contribution in [0.15, 0.2) is 95.7 Å². The Kier molecular flexibility index (Phi) is 9.31. The molecule has 12 nitrogen and oxygen atoms in total. The van der Waals surface area contributed by atoms with Gasteiger partial charge in [-0.05, 0) is 81.8 Å². The number of hydrogen-bond donors (Lipinski definition) is 1. The summed E-state index contributed by atoms with van der Waals surface area (Å²) in [5, 5.41) is 16.3. The van der Waals surface area contributed by atoms with E-state index in [-0.39, 0.29) is 30.7 Å². The van der Waals surface area contributed by atoms with Gasteiger partial charge in [0.2, 0.25) is 0 Å². The van der Waals surface area contributed by atoms with Crippen molar-refractivity contribution in [1.82, 2.24) is 34.5 Å². The SMILES string of the molecule is Cc1ccc(Oc2cc(Cl)ccc2CN(C)C(=O)c2ccc(Cn3cc(-c4ccc(NC(=O)c5cnn6c(C)cc(C)nc56)cc4)nn3)o2)c(C)c1. The molecule has 2 amide bonds. The number of hydrogen-bond acceptors (Lipinski definition) is 8. The predicted molar refractivity (Wildman–Crippen MR) is 197 cm³/mol. The summed E-state index contributed by atoms with van der Waals surface area (Å²) in [5.41, 5.74) is 7.61. The van der Waals surface area contributed by atoms with Crippen molar-refractivity contribution >= 4 is 34.7 Å². The fourth-order valence-electron chi connectivity index (χ4n) is 5.90. The van der Waals surface area contributed by atoms with Crippen molar-refractivity contribution in [2.24, 2.45) is 0 Å². The lowest BCUT2D eigenvalue weighted by molar-refractivity contribution is 0.0750. The van der Waals surface area contributed by atoms with E-state index in [1.54, 1.807) is 63.7 Å². The second kappa shape index (κ2) is 14.2. The van der Waals surface area contributed by atoms with Gasteiger partial charge < -0.3 is 19.4 Å². The summed E-state index contributed by atoms with van der Waals surface area (Å²) in [4.78, 5) is 32.5. The molecule has 52 heavy (non-hydrogen) atoms. The lowest BCUT2D eigenvalue weighted by Crippen LogP contribution is -2.26. The molecule has 0 saturated heterocycles. The van der Waals surface area contributed by atoms with Gasteiger partial charge in [-0.25, -0.2) is 14.2 Å². The molecule has 0 aliphatic rings. The van der Waals surface area contributed by atoms with Crippen LogP contribution in [-0.4, -0.2) is 53.4 Å². The number of aromatic nitrogens is 6. The Labute approximate surface area is 304 Å². The van der Waals surface area contributed by atoms with Gasteiger partial charge in [0.15, 0.2) is 11.4 Å². The number of halogens is 1. The van der Waals surface area contributed by atoms with Gasteiger partial charge in [0.1, 0.15) is 35.1 Å². The van der Waals surface area contributed by atoms with Crippen molar-refractivity contribution in [2.45, 2.75) is 40.8 Å². The summed E-state index contributed by atoms with van der Waals surface area (Å²) in [5.74, 6) is 1.46. The van der Waals surface area contributed by atoms with E-state index in [0.29, 0.717) is 39.1 Å². The quantitative estimate of drug-likeness (QED) is 0.152. The van der Waals surface area contributed by atoms with Crippen LogP contribution in [0.25, 0.3) is 16.9 Å². The normalized spacial score (nSPS) is 11.2. The highest BCUT2D eigenvalue weighted by Crippen LogP contribution is 2.32. The maximum absolute atomic E-state index is 13.4. The van der Waals surface area contributed by atoms with Crippen LogP contribution in [0.3, 0.4) is 0 Å². The first-order valence-corrected chi connectivity index (χ1v) is 16.9. The molecule has 0 fully saturated rings. The molecule has 3 aromatic carbocycles. The zero-order valence-electron chi connectivity index (χ0n) is 29.2. The zero-order valence-corrected chi connectivity index (χ0v) is 30.0. The van der Waals surface area contributed by atoms with Gasteiger partial charge >= 0.3 is 0 Å². The summed E-state index contributed by atoms with van der Waals surface area (Å²) in [6.45, 7) is 8.37. The van der Waals surface area contributed by atoms with Crippen LogP contribution in [-0.2, 0) is 13.1 Å². The van der Waals surface area contributed by atoms with Crippen molar-refractivity contribution in [2.75, 3.05) is 12.4 Å². The predicted octanol–water partition coefficient (Wildman–Crippen LogP) is 7.83. The Morgan fingerprint density at radius 1 is 0.942 bits per heavy atom. The second-order valence-electron chi connectivity index (χ2n) is 12.7. The number of furan rings is 1. The number of amides is 2.